The highest BCUT2D eigenvalue weighted by atomic mass is 16.3. The van der Waals surface area contributed by atoms with E-state index in [9.17, 15) is 5.11 Å². The van der Waals surface area contributed by atoms with Crippen LogP contribution in [0.25, 0.3) is 11.2 Å². The van der Waals surface area contributed by atoms with E-state index in [0.29, 0.717) is 11.7 Å². The van der Waals surface area contributed by atoms with Gasteiger partial charge in [0.1, 0.15) is 11.3 Å². The number of aliphatic hydroxyl groups excluding tert-OH is 1. The minimum Gasteiger partial charge on any atom is -0.396 e. The number of aromatic nitrogens is 3. The second kappa shape index (κ2) is 5.48. The molecule has 1 saturated heterocycles. The van der Waals surface area contributed by atoms with Crippen LogP contribution in [0.1, 0.15) is 25.7 Å². The molecule has 0 aliphatic carbocycles. The minimum absolute atomic E-state index is 0.231. The fourth-order valence-corrected chi connectivity index (χ4v) is 2.76. The third kappa shape index (κ3) is 2.51. The molecule has 0 aromatic carbocycles. The first-order chi connectivity index (χ1) is 9.38. The molecule has 1 unspecified atom stereocenters. The highest BCUT2D eigenvalue weighted by Gasteiger charge is 2.23. The molecule has 1 aliphatic heterocycles. The molecule has 2 aromatic heterocycles. The lowest BCUT2D eigenvalue weighted by Gasteiger charge is -2.36. The summed E-state index contributed by atoms with van der Waals surface area (Å²) in [7, 11) is 0. The van der Waals surface area contributed by atoms with Gasteiger partial charge < -0.3 is 10.0 Å². The summed E-state index contributed by atoms with van der Waals surface area (Å²) in [5.41, 5.74) is 1.51. The molecule has 5 heteroatoms. The van der Waals surface area contributed by atoms with Gasteiger partial charge in [-0.25, -0.2) is 9.97 Å². The van der Waals surface area contributed by atoms with Gasteiger partial charge in [-0.05, 0) is 37.8 Å². The molecule has 0 amide bonds. The minimum atomic E-state index is 0.231. The molecular formula is C14H18N4O. The van der Waals surface area contributed by atoms with Gasteiger partial charge >= 0.3 is 0 Å². The summed E-state index contributed by atoms with van der Waals surface area (Å²) in [5.74, 6) is 0.950. The monoisotopic (exact) mass is 258 g/mol. The summed E-state index contributed by atoms with van der Waals surface area (Å²) >= 11 is 0. The Morgan fingerprint density at radius 1 is 1.21 bits per heavy atom. The van der Waals surface area contributed by atoms with Gasteiger partial charge in [-0.3, -0.25) is 4.98 Å². The lowest BCUT2D eigenvalue weighted by molar-refractivity contribution is 0.262. The van der Waals surface area contributed by atoms with Crippen molar-refractivity contribution in [3.8, 4) is 0 Å². The van der Waals surface area contributed by atoms with E-state index in [1.165, 1.54) is 12.8 Å². The molecule has 1 fully saturated rings. The van der Waals surface area contributed by atoms with Crippen molar-refractivity contribution in [2.75, 3.05) is 18.1 Å². The summed E-state index contributed by atoms with van der Waals surface area (Å²) in [6.45, 7) is 1.23. The lowest BCUT2D eigenvalue weighted by atomic mass is 9.99. The third-order valence-corrected chi connectivity index (χ3v) is 3.70. The molecule has 1 atom stereocenters. The summed E-state index contributed by atoms with van der Waals surface area (Å²) in [5, 5.41) is 9.19. The quantitative estimate of drug-likeness (QED) is 0.909. The van der Waals surface area contributed by atoms with Crippen LogP contribution in [0.3, 0.4) is 0 Å². The molecule has 3 heterocycles. The number of pyridine rings is 1. The van der Waals surface area contributed by atoms with Gasteiger partial charge in [-0.1, -0.05) is 0 Å². The van der Waals surface area contributed by atoms with Crippen LogP contribution < -0.4 is 4.90 Å². The predicted molar refractivity (Wildman–Crippen MR) is 74.0 cm³/mol. The summed E-state index contributed by atoms with van der Waals surface area (Å²) in [6, 6.07) is 4.36. The molecule has 0 saturated carbocycles. The van der Waals surface area contributed by atoms with Crippen molar-refractivity contribution in [2.24, 2.45) is 0 Å². The molecule has 19 heavy (non-hydrogen) atoms. The Bertz CT molecular complexity index is 558. The van der Waals surface area contributed by atoms with E-state index in [2.05, 4.69) is 19.9 Å². The fourth-order valence-electron chi connectivity index (χ4n) is 2.76. The molecule has 0 spiro atoms. The molecule has 1 N–H and O–H groups in total. The Balaban J connectivity index is 1.92. The smallest absolute Gasteiger partial charge is 0.180 e. The zero-order valence-corrected chi connectivity index (χ0v) is 10.9. The van der Waals surface area contributed by atoms with Crippen LogP contribution in [-0.4, -0.2) is 39.3 Å². The van der Waals surface area contributed by atoms with Gasteiger partial charge in [0.25, 0.3) is 0 Å². The number of hydrogen-bond donors (Lipinski definition) is 1. The number of nitrogens with zero attached hydrogens (tertiary/aromatic N) is 4. The first-order valence-corrected chi connectivity index (χ1v) is 6.84. The number of hydrogen-bond acceptors (Lipinski definition) is 5. The topological polar surface area (TPSA) is 62.1 Å². The van der Waals surface area contributed by atoms with Crippen LogP contribution in [0, 0.1) is 0 Å². The summed E-state index contributed by atoms with van der Waals surface area (Å²) < 4.78 is 0. The van der Waals surface area contributed by atoms with Crippen molar-refractivity contribution < 1.29 is 5.11 Å². The van der Waals surface area contributed by atoms with E-state index in [1.807, 2.05) is 12.1 Å². The standard InChI is InChI=1S/C14H18N4O/c19-10-6-11-3-1-2-9-18(11)13-5-4-12-14(17-13)16-8-7-15-12/h4-5,7-8,11,19H,1-3,6,9-10H2. The Morgan fingerprint density at radius 2 is 2.11 bits per heavy atom. The number of piperidine rings is 1. The van der Waals surface area contributed by atoms with Gasteiger partial charge in [-0.15, -0.1) is 0 Å². The van der Waals surface area contributed by atoms with Gasteiger partial charge in [0.2, 0.25) is 0 Å². The highest BCUT2D eigenvalue weighted by molar-refractivity contribution is 5.71. The van der Waals surface area contributed by atoms with Crippen LogP contribution in [0.15, 0.2) is 24.5 Å². The summed E-state index contributed by atoms with van der Waals surface area (Å²) in [4.78, 5) is 15.4. The van der Waals surface area contributed by atoms with E-state index in [0.717, 1.165) is 30.7 Å². The van der Waals surface area contributed by atoms with Crippen LogP contribution in [0.5, 0.6) is 0 Å². The Kier molecular flexibility index (Phi) is 3.55. The number of rotatable bonds is 3. The van der Waals surface area contributed by atoms with Crippen molar-refractivity contribution in [1.82, 2.24) is 15.0 Å². The van der Waals surface area contributed by atoms with E-state index in [1.54, 1.807) is 12.4 Å². The number of aliphatic hydroxyl groups is 1. The zero-order valence-electron chi connectivity index (χ0n) is 10.9. The van der Waals surface area contributed by atoms with E-state index >= 15 is 0 Å². The van der Waals surface area contributed by atoms with Crippen LogP contribution in [0.4, 0.5) is 5.82 Å². The Labute approximate surface area is 112 Å². The largest absolute Gasteiger partial charge is 0.396 e. The van der Waals surface area contributed by atoms with Gasteiger partial charge in [-0.2, -0.15) is 0 Å². The molecule has 1 aliphatic rings. The maximum Gasteiger partial charge on any atom is 0.180 e. The molecular weight excluding hydrogens is 240 g/mol. The molecule has 3 rings (SSSR count). The normalized spacial score (nSPS) is 19.8. The van der Waals surface area contributed by atoms with Gasteiger partial charge in [0, 0.05) is 31.6 Å². The number of anilines is 1. The van der Waals surface area contributed by atoms with Crippen molar-refractivity contribution in [3.05, 3.63) is 24.5 Å². The van der Waals surface area contributed by atoms with Gasteiger partial charge in [0.05, 0.1) is 0 Å². The van der Waals surface area contributed by atoms with Crippen LogP contribution >= 0.6 is 0 Å². The van der Waals surface area contributed by atoms with Crippen molar-refractivity contribution in [2.45, 2.75) is 31.7 Å². The van der Waals surface area contributed by atoms with E-state index in [-0.39, 0.29) is 6.61 Å². The van der Waals surface area contributed by atoms with E-state index in [4.69, 9.17) is 0 Å². The molecule has 0 bridgehead atoms. The predicted octanol–water partition coefficient (Wildman–Crippen LogP) is 1.77. The van der Waals surface area contributed by atoms with E-state index < -0.39 is 0 Å². The highest BCUT2D eigenvalue weighted by Crippen LogP contribution is 2.25. The Morgan fingerprint density at radius 3 is 3.00 bits per heavy atom. The number of fused-ring (bicyclic) bond motifs is 1. The first kappa shape index (κ1) is 12.3. The molecule has 2 aromatic rings. The summed E-state index contributed by atoms with van der Waals surface area (Å²) in [6.07, 6.45) is 7.69. The molecule has 0 radical (unpaired) electrons. The lowest BCUT2D eigenvalue weighted by Crippen LogP contribution is -2.40. The van der Waals surface area contributed by atoms with Crippen LogP contribution in [-0.2, 0) is 0 Å². The maximum atomic E-state index is 9.19. The average molecular weight is 258 g/mol. The second-order valence-corrected chi connectivity index (χ2v) is 4.92. The third-order valence-electron chi connectivity index (χ3n) is 3.70. The zero-order chi connectivity index (χ0) is 13.1. The second-order valence-electron chi connectivity index (χ2n) is 4.92. The maximum absolute atomic E-state index is 9.19. The SMILES string of the molecule is OCCC1CCCCN1c1ccc2nccnc2n1. The Hall–Kier alpha value is -1.75. The molecule has 100 valence electrons. The van der Waals surface area contributed by atoms with Crippen molar-refractivity contribution in [1.29, 1.82) is 0 Å². The van der Waals surface area contributed by atoms with Crippen LogP contribution in [0.2, 0.25) is 0 Å². The van der Waals surface area contributed by atoms with Gasteiger partial charge in [0.15, 0.2) is 5.65 Å². The average Bonchev–Trinajstić information content (AvgIpc) is 2.48. The van der Waals surface area contributed by atoms with Crippen molar-refractivity contribution >= 4 is 17.0 Å². The fraction of sp³-hybridized carbons (Fsp3) is 0.500. The first-order valence-electron chi connectivity index (χ1n) is 6.84. The van der Waals surface area contributed by atoms with Crippen molar-refractivity contribution in [3.63, 3.8) is 0 Å². The molecule has 5 nitrogen and oxygen atoms in total.